The summed E-state index contributed by atoms with van der Waals surface area (Å²) in [5.41, 5.74) is 0.980. The van der Waals surface area contributed by atoms with Gasteiger partial charge in [-0.1, -0.05) is 6.07 Å². The Kier molecular flexibility index (Phi) is 3.18. The van der Waals surface area contributed by atoms with Crippen molar-refractivity contribution in [1.82, 2.24) is 4.98 Å². The number of aromatic nitrogens is 1. The molecule has 0 spiro atoms. The van der Waals surface area contributed by atoms with Crippen LogP contribution in [0.1, 0.15) is 17.4 Å². The lowest BCUT2D eigenvalue weighted by Gasteiger charge is -2.07. The summed E-state index contributed by atoms with van der Waals surface area (Å²) in [5.74, 6) is 0.554. The maximum Gasteiger partial charge on any atom is 0.146 e. The minimum absolute atomic E-state index is 0.500. The van der Waals surface area contributed by atoms with Crippen LogP contribution in [-0.2, 0) is 6.42 Å². The third-order valence-corrected chi connectivity index (χ3v) is 2.75. The maximum atomic E-state index is 9.89. The molecule has 78 valence electrons. The van der Waals surface area contributed by atoms with Gasteiger partial charge in [0.2, 0.25) is 0 Å². The summed E-state index contributed by atoms with van der Waals surface area (Å²) in [6, 6.07) is 5.54. The van der Waals surface area contributed by atoms with Crippen molar-refractivity contribution in [3.8, 4) is 0 Å². The number of pyridine rings is 1. The van der Waals surface area contributed by atoms with E-state index in [9.17, 15) is 5.11 Å². The summed E-state index contributed by atoms with van der Waals surface area (Å²) in [6.45, 7) is 0. The van der Waals surface area contributed by atoms with E-state index in [1.165, 1.54) is 0 Å². The van der Waals surface area contributed by atoms with Crippen molar-refractivity contribution in [1.29, 1.82) is 0 Å². The van der Waals surface area contributed by atoms with Gasteiger partial charge in [-0.3, -0.25) is 4.98 Å². The monoisotopic (exact) mass is 267 g/mol. The lowest BCUT2D eigenvalue weighted by atomic mass is 10.1. The molecule has 2 rings (SSSR count). The second kappa shape index (κ2) is 4.59. The molecule has 0 saturated heterocycles. The minimum atomic E-state index is -0.640. The molecule has 0 amide bonds. The number of hydrogen-bond acceptors (Lipinski definition) is 3. The van der Waals surface area contributed by atoms with Crippen LogP contribution in [-0.4, -0.2) is 10.1 Å². The van der Waals surface area contributed by atoms with Gasteiger partial charge < -0.3 is 9.52 Å². The van der Waals surface area contributed by atoms with Gasteiger partial charge in [0.15, 0.2) is 0 Å². The fourth-order valence-corrected chi connectivity index (χ4v) is 1.84. The quantitative estimate of drug-likeness (QED) is 0.930. The van der Waals surface area contributed by atoms with Gasteiger partial charge in [-0.2, -0.15) is 0 Å². The van der Waals surface area contributed by atoms with Crippen LogP contribution in [0.25, 0.3) is 0 Å². The Morgan fingerprint density at radius 3 is 2.93 bits per heavy atom. The summed E-state index contributed by atoms with van der Waals surface area (Å²) < 4.78 is 5.97. The van der Waals surface area contributed by atoms with E-state index in [0.29, 0.717) is 12.2 Å². The predicted molar refractivity (Wildman–Crippen MR) is 59.3 cm³/mol. The fraction of sp³-hybridized carbons (Fsp3) is 0.182. The molecule has 0 aliphatic carbocycles. The largest absolute Gasteiger partial charge is 0.465 e. The zero-order chi connectivity index (χ0) is 10.7. The summed E-state index contributed by atoms with van der Waals surface area (Å²) in [5, 5.41) is 9.89. The van der Waals surface area contributed by atoms with E-state index in [-0.39, 0.29) is 0 Å². The summed E-state index contributed by atoms with van der Waals surface area (Å²) in [6.07, 6.45) is 4.85. The molecule has 0 aliphatic heterocycles. The molecule has 1 unspecified atom stereocenters. The highest BCUT2D eigenvalue weighted by molar-refractivity contribution is 9.10. The van der Waals surface area contributed by atoms with E-state index >= 15 is 0 Å². The standard InChI is InChI=1S/C11H10BrNO2/c12-9-3-5-15-11(9)10(14)6-8-2-1-4-13-7-8/h1-5,7,10,14H,6H2. The molecule has 15 heavy (non-hydrogen) atoms. The number of nitrogens with zero attached hydrogens (tertiary/aromatic N) is 1. The van der Waals surface area contributed by atoms with Gasteiger partial charge in [0.25, 0.3) is 0 Å². The molecule has 0 saturated carbocycles. The molecule has 2 aromatic rings. The van der Waals surface area contributed by atoms with Gasteiger partial charge in [-0.05, 0) is 33.6 Å². The van der Waals surface area contributed by atoms with Crippen molar-refractivity contribution < 1.29 is 9.52 Å². The number of aliphatic hydroxyl groups excluding tert-OH is 1. The average molecular weight is 268 g/mol. The van der Waals surface area contributed by atoms with Gasteiger partial charge in [-0.25, -0.2) is 0 Å². The average Bonchev–Trinajstić information content (AvgIpc) is 2.66. The van der Waals surface area contributed by atoms with Gasteiger partial charge in [-0.15, -0.1) is 0 Å². The third kappa shape index (κ3) is 2.46. The Morgan fingerprint density at radius 1 is 1.47 bits per heavy atom. The van der Waals surface area contributed by atoms with E-state index in [4.69, 9.17) is 4.42 Å². The highest BCUT2D eigenvalue weighted by atomic mass is 79.9. The van der Waals surface area contributed by atoms with Crippen LogP contribution in [0.5, 0.6) is 0 Å². The van der Waals surface area contributed by atoms with E-state index in [1.54, 1.807) is 24.7 Å². The molecular weight excluding hydrogens is 258 g/mol. The molecule has 0 aliphatic rings. The molecule has 3 nitrogen and oxygen atoms in total. The predicted octanol–water partition coefficient (Wildman–Crippen LogP) is 2.71. The van der Waals surface area contributed by atoms with E-state index in [0.717, 1.165) is 10.0 Å². The number of furan rings is 1. The number of rotatable bonds is 3. The molecule has 0 radical (unpaired) electrons. The molecule has 0 aromatic carbocycles. The van der Waals surface area contributed by atoms with E-state index in [1.807, 2.05) is 12.1 Å². The maximum absolute atomic E-state index is 9.89. The van der Waals surface area contributed by atoms with Crippen LogP contribution in [0.15, 0.2) is 45.7 Å². The minimum Gasteiger partial charge on any atom is -0.465 e. The summed E-state index contributed by atoms with van der Waals surface area (Å²) in [7, 11) is 0. The molecule has 1 atom stereocenters. The second-order valence-electron chi connectivity index (χ2n) is 3.21. The first-order valence-electron chi connectivity index (χ1n) is 4.57. The van der Waals surface area contributed by atoms with Crippen LogP contribution in [0.3, 0.4) is 0 Å². The lowest BCUT2D eigenvalue weighted by molar-refractivity contribution is 0.149. The second-order valence-corrected chi connectivity index (χ2v) is 4.07. The Balaban J connectivity index is 2.11. The molecule has 2 aromatic heterocycles. The van der Waals surface area contributed by atoms with Crippen molar-refractivity contribution in [3.63, 3.8) is 0 Å². The lowest BCUT2D eigenvalue weighted by Crippen LogP contribution is -2.01. The SMILES string of the molecule is OC(Cc1cccnc1)c1occc1Br. The highest BCUT2D eigenvalue weighted by Crippen LogP contribution is 2.26. The first kappa shape index (κ1) is 10.4. The smallest absolute Gasteiger partial charge is 0.146 e. The number of halogens is 1. The topological polar surface area (TPSA) is 46.3 Å². The van der Waals surface area contributed by atoms with Crippen LogP contribution in [0.2, 0.25) is 0 Å². The van der Waals surface area contributed by atoms with Crippen LogP contribution < -0.4 is 0 Å². The Hall–Kier alpha value is -1.13. The number of hydrogen-bond donors (Lipinski definition) is 1. The van der Waals surface area contributed by atoms with Crippen LogP contribution in [0.4, 0.5) is 0 Å². The first-order valence-corrected chi connectivity index (χ1v) is 5.36. The molecule has 0 fully saturated rings. The van der Waals surface area contributed by atoms with Gasteiger partial charge in [0.05, 0.1) is 10.7 Å². The molecule has 0 bridgehead atoms. The molecule has 2 heterocycles. The number of aliphatic hydroxyl groups is 1. The van der Waals surface area contributed by atoms with Gasteiger partial charge in [0.1, 0.15) is 11.9 Å². The highest BCUT2D eigenvalue weighted by Gasteiger charge is 2.15. The zero-order valence-electron chi connectivity index (χ0n) is 7.93. The normalized spacial score (nSPS) is 12.7. The van der Waals surface area contributed by atoms with Gasteiger partial charge >= 0.3 is 0 Å². The van der Waals surface area contributed by atoms with E-state index in [2.05, 4.69) is 20.9 Å². The van der Waals surface area contributed by atoms with Crippen molar-refractivity contribution in [2.24, 2.45) is 0 Å². The molecular formula is C11H10BrNO2. The van der Waals surface area contributed by atoms with Crippen LogP contribution >= 0.6 is 15.9 Å². The summed E-state index contributed by atoms with van der Waals surface area (Å²) in [4.78, 5) is 3.99. The van der Waals surface area contributed by atoms with Crippen molar-refractivity contribution >= 4 is 15.9 Å². The van der Waals surface area contributed by atoms with Crippen molar-refractivity contribution in [2.75, 3.05) is 0 Å². The fourth-order valence-electron chi connectivity index (χ4n) is 1.38. The summed E-state index contributed by atoms with van der Waals surface area (Å²) >= 11 is 3.31. The zero-order valence-corrected chi connectivity index (χ0v) is 9.52. The molecule has 4 heteroatoms. The third-order valence-electron chi connectivity index (χ3n) is 2.10. The Morgan fingerprint density at radius 2 is 2.33 bits per heavy atom. The van der Waals surface area contributed by atoms with Crippen molar-refractivity contribution in [3.05, 3.63) is 52.7 Å². The first-order chi connectivity index (χ1) is 7.27. The van der Waals surface area contributed by atoms with Gasteiger partial charge in [0, 0.05) is 18.8 Å². The van der Waals surface area contributed by atoms with Crippen molar-refractivity contribution in [2.45, 2.75) is 12.5 Å². The molecule has 1 N–H and O–H groups in total. The Bertz CT molecular complexity index is 427. The van der Waals surface area contributed by atoms with Crippen LogP contribution in [0, 0.1) is 0 Å². The Labute approximate surface area is 95.9 Å². The van der Waals surface area contributed by atoms with E-state index < -0.39 is 6.10 Å².